The van der Waals surface area contributed by atoms with E-state index in [1.165, 1.54) is 6.21 Å². The molecule has 4 fully saturated rings. The molecular formula is C25H42FN7O3. The monoisotopic (exact) mass is 507 g/mol. The second-order valence-corrected chi connectivity index (χ2v) is 11.9. The van der Waals surface area contributed by atoms with E-state index in [0.29, 0.717) is 32.5 Å². The van der Waals surface area contributed by atoms with Gasteiger partial charge < -0.3 is 26.8 Å². The molecule has 4 heterocycles. The summed E-state index contributed by atoms with van der Waals surface area (Å²) >= 11 is 0. The van der Waals surface area contributed by atoms with Gasteiger partial charge in [0.05, 0.1) is 30.2 Å². The highest BCUT2D eigenvalue weighted by Crippen LogP contribution is 2.71. The Kier molecular flexibility index (Phi) is 7.03. The van der Waals surface area contributed by atoms with E-state index in [4.69, 9.17) is 16.2 Å². The van der Waals surface area contributed by atoms with Crippen LogP contribution in [0.1, 0.15) is 46.0 Å². The Labute approximate surface area is 212 Å². The van der Waals surface area contributed by atoms with Crippen molar-refractivity contribution in [1.29, 1.82) is 0 Å². The maximum absolute atomic E-state index is 14.7. The predicted octanol–water partition coefficient (Wildman–Crippen LogP) is 0.207. The smallest absolute Gasteiger partial charge is 0.410 e. The standard InChI is InChI=1S/C25H42FN7O3/c1-3-25-9-17(30-10-15(26)8-24(25,2)14-25)20(21(27)28)22(34)31-18-11-29-5-4-19(18)32-6-7-33-16(12-32)13-36-23(33)35/h10,15-21,29H,3-9,11-14,27-28H2,1-2H3,(H,31,34). The molecule has 0 bridgehead atoms. The van der Waals surface area contributed by atoms with Gasteiger partial charge in [0, 0.05) is 38.4 Å². The topological polar surface area (TPSA) is 138 Å². The van der Waals surface area contributed by atoms with Crippen molar-refractivity contribution in [3.05, 3.63) is 0 Å². The molecule has 0 aromatic rings. The summed E-state index contributed by atoms with van der Waals surface area (Å²) in [7, 11) is 0. The maximum Gasteiger partial charge on any atom is 0.410 e. The highest BCUT2D eigenvalue weighted by Gasteiger charge is 2.64. The molecule has 0 radical (unpaired) electrons. The van der Waals surface area contributed by atoms with E-state index in [9.17, 15) is 14.0 Å². The fourth-order valence-corrected chi connectivity index (χ4v) is 7.49. The molecule has 2 amide bonds. The van der Waals surface area contributed by atoms with Gasteiger partial charge in [-0.25, -0.2) is 9.18 Å². The lowest BCUT2D eigenvalue weighted by Crippen LogP contribution is -2.65. The first-order valence-corrected chi connectivity index (χ1v) is 13.5. The van der Waals surface area contributed by atoms with Gasteiger partial charge in [0.2, 0.25) is 5.91 Å². The number of hydrogen-bond donors (Lipinski definition) is 4. The number of aliphatic imine (C=N–C) groups is 1. The highest BCUT2D eigenvalue weighted by atomic mass is 19.1. The molecule has 10 nitrogen and oxygen atoms in total. The summed E-state index contributed by atoms with van der Waals surface area (Å²) in [4.78, 5) is 34.4. The number of alkyl halides is 1. The van der Waals surface area contributed by atoms with Crippen molar-refractivity contribution < 1.29 is 18.7 Å². The number of fused-ring (bicyclic) bond motifs is 2. The summed E-state index contributed by atoms with van der Waals surface area (Å²) < 4.78 is 19.9. The van der Waals surface area contributed by atoms with Gasteiger partial charge in [0.1, 0.15) is 12.8 Å². The van der Waals surface area contributed by atoms with Crippen LogP contribution in [-0.2, 0) is 9.53 Å². The molecule has 8 unspecified atom stereocenters. The van der Waals surface area contributed by atoms with E-state index in [1.54, 1.807) is 4.90 Å². The minimum atomic E-state index is -1.12. The molecule has 0 aromatic heterocycles. The summed E-state index contributed by atoms with van der Waals surface area (Å²) in [6.45, 7) is 8.30. The summed E-state index contributed by atoms with van der Waals surface area (Å²) in [5.41, 5.74) is 12.3. The van der Waals surface area contributed by atoms with Crippen molar-refractivity contribution in [3.63, 3.8) is 0 Å². The van der Waals surface area contributed by atoms with Crippen LogP contribution in [0.25, 0.3) is 0 Å². The molecule has 1 saturated carbocycles. The number of ether oxygens (including phenoxy) is 1. The Bertz CT molecular complexity index is 890. The number of halogens is 1. The van der Waals surface area contributed by atoms with Crippen LogP contribution < -0.4 is 22.1 Å². The Morgan fingerprint density at radius 1 is 1.39 bits per heavy atom. The Morgan fingerprint density at radius 2 is 2.19 bits per heavy atom. The van der Waals surface area contributed by atoms with Crippen LogP contribution in [0.4, 0.5) is 9.18 Å². The van der Waals surface area contributed by atoms with Gasteiger partial charge in [0.15, 0.2) is 0 Å². The molecule has 0 spiro atoms. The van der Waals surface area contributed by atoms with Gasteiger partial charge in [-0.05, 0) is 49.5 Å². The molecule has 6 N–H and O–H groups in total. The van der Waals surface area contributed by atoms with Crippen LogP contribution in [0.3, 0.4) is 0 Å². The molecular weight excluding hydrogens is 465 g/mol. The number of piperidine rings is 1. The van der Waals surface area contributed by atoms with Gasteiger partial charge in [-0.2, -0.15) is 0 Å². The van der Waals surface area contributed by atoms with Gasteiger partial charge >= 0.3 is 6.09 Å². The molecule has 5 aliphatic rings. The van der Waals surface area contributed by atoms with Gasteiger partial charge in [-0.3, -0.25) is 19.6 Å². The fourth-order valence-electron chi connectivity index (χ4n) is 7.49. The molecule has 8 atom stereocenters. The van der Waals surface area contributed by atoms with Crippen molar-refractivity contribution in [1.82, 2.24) is 20.4 Å². The third-order valence-corrected chi connectivity index (χ3v) is 9.77. The number of nitrogens with one attached hydrogen (secondary N) is 2. The third-order valence-electron chi connectivity index (χ3n) is 9.77. The number of carbonyl (C=O) groups is 2. The summed E-state index contributed by atoms with van der Waals surface area (Å²) in [6.07, 6.45) is 3.02. The summed E-state index contributed by atoms with van der Waals surface area (Å²) in [5, 5.41) is 6.64. The van der Waals surface area contributed by atoms with Crippen molar-refractivity contribution >= 4 is 18.2 Å². The second-order valence-electron chi connectivity index (χ2n) is 11.9. The van der Waals surface area contributed by atoms with Gasteiger partial charge in [0.25, 0.3) is 0 Å². The van der Waals surface area contributed by atoms with Crippen molar-refractivity contribution in [2.75, 3.05) is 39.3 Å². The number of nitrogens with zero attached hydrogens (tertiary/aromatic N) is 3. The second kappa shape index (κ2) is 9.81. The molecule has 5 rings (SSSR count). The molecule has 202 valence electrons. The zero-order valence-corrected chi connectivity index (χ0v) is 21.5. The van der Waals surface area contributed by atoms with E-state index in [-0.39, 0.29) is 41.0 Å². The molecule has 3 saturated heterocycles. The lowest BCUT2D eigenvalue weighted by Gasteiger charge is -2.45. The van der Waals surface area contributed by atoms with E-state index < -0.39 is 24.3 Å². The zero-order valence-electron chi connectivity index (χ0n) is 21.5. The van der Waals surface area contributed by atoms with E-state index in [1.807, 2.05) is 0 Å². The lowest BCUT2D eigenvalue weighted by atomic mass is 9.78. The van der Waals surface area contributed by atoms with Crippen LogP contribution in [0.15, 0.2) is 4.99 Å². The number of hydrogen-bond acceptors (Lipinski definition) is 8. The lowest BCUT2D eigenvalue weighted by molar-refractivity contribution is -0.128. The number of rotatable bonds is 6. The normalized spacial score (nSPS) is 41.7. The van der Waals surface area contributed by atoms with Crippen molar-refractivity contribution in [2.24, 2.45) is 33.2 Å². The maximum atomic E-state index is 14.7. The number of piperazine rings is 1. The molecule has 4 aliphatic heterocycles. The Hall–Kier alpha value is -1.82. The average molecular weight is 508 g/mol. The zero-order chi connectivity index (χ0) is 25.7. The number of nitrogens with two attached hydrogens (primary N) is 2. The number of amides is 2. The quantitative estimate of drug-likeness (QED) is 0.377. The third kappa shape index (κ3) is 4.63. The Balaban J connectivity index is 1.30. The van der Waals surface area contributed by atoms with Crippen LogP contribution in [0.5, 0.6) is 0 Å². The van der Waals surface area contributed by atoms with Gasteiger partial charge in [-0.1, -0.05) is 13.8 Å². The number of carbonyl (C=O) groups excluding carboxylic acids is 2. The van der Waals surface area contributed by atoms with Gasteiger partial charge in [-0.15, -0.1) is 0 Å². The molecule has 36 heavy (non-hydrogen) atoms. The average Bonchev–Trinajstić information content (AvgIpc) is 3.20. The van der Waals surface area contributed by atoms with E-state index in [0.717, 1.165) is 38.9 Å². The summed E-state index contributed by atoms with van der Waals surface area (Å²) in [6, 6.07) is -0.397. The highest BCUT2D eigenvalue weighted by molar-refractivity contribution is 5.81. The molecule has 0 aromatic carbocycles. The van der Waals surface area contributed by atoms with Crippen LogP contribution in [-0.4, -0.2) is 104 Å². The van der Waals surface area contributed by atoms with Crippen LogP contribution in [0, 0.1) is 16.7 Å². The molecule has 1 aliphatic carbocycles. The minimum absolute atomic E-state index is 0.0252. The van der Waals surface area contributed by atoms with Crippen molar-refractivity contribution in [2.45, 2.75) is 82.5 Å². The largest absolute Gasteiger partial charge is 0.447 e. The first-order chi connectivity index (χ1) is 17.2. The fraction of sp³-hybridized carbons (Fsp3) is 0.880. The first kappa shape index (κ1) is 25.8. The SMILES string of the molecule is CCC12CC(C(C(=O)NC3CNCCC3N3CCN4C(=O)OCC4C3)C(N)N)N=CC(F)CC1(C)C2. The minimum Gasteiger partial charge on any atom is -0.447 e. The Morgan fingerprint density at radius 3 is 2.94 bits per heavy atom. The molecule has 11 heteroatoms. The van der Waals surface area contributed by atoms with Crippen LogP contribution in [0.2, 0.25) is 0 Å². The van der Waals surface area contributed by atoms with E-state index >= 15 is 0 Å². The number of cyclic esters (lactones) is 1. The summed E-state index contributed by atoms with van der Waals surface area (Å²) in [5.74, 6) is -0.950. The van der Waals surface area contributed by atoms with Crippen molar-refractivity contribution in [3.8, 4) is 0 Å². The van der Waals surface area contributed by atoms with Crippen LogP contribution >= 0.6 is 0 Å². The first-order valence-electron chi connectivity index (χ1n) is 13.5. The predicted molar refractivity (Wildman–Crippen MR) is 134 cm³/mol. The van der Waals surface area contributed by atoms with E-state index in [2.05, 4.69) is 34.4 Å².